The van der Waals surface area contributed by atoms with E-state index < -0.39 is 5.38 Å². The van der Waals surface area contributed by atoms with E-state index in [1.807, 2.05) is 6.07 Å². The van der Waals surface area contributed by atoms with Crippen molar-refractivity contribution < 1.29 is 4.79 Å². The van der Waals surface area contributed by atoms with Crippen LogP contribution in [0.4, 0.5) is 0 Å². The van der Waals surface area contributed by atoms with E-state index >= 15 is 0 Å². The average molecular weight is 208 g/mol. The quantitative estimate of drug-likeness (QED) is 0.553. The van der Waals surface area contributed by atoms with Crippen LogP contribution in [0.2, 0.25) is 0 Å². The summed E-state index contributed by atoms with van der Waals surface area (Å²) in [5, 5.41) is 8.17. The summed E-state index contributed by atoms with van der Waals surface area (Å²) in [6.07, 6.45) is 0. The number of hydrogen-bond donors (Lipinski definition) is 0. The molecule has 0 bridgehead atoms. The van der Waals surface area contributed by atoms with Gasteiger partial charge in [0.05, 0.1) is 17.0 Å². The molecule has 2 nitrogen and oxygen atoms in total. The van der Waals surface area contributed by atoms with Crippen LogP contribution in [0.25, 0.3) is 0 Å². The number of aryl methyl sites for hydroxylation is 1. The fourth-order valence-corrected chi connectivity index (χ4v) is 1.30. The Balaban J connectivity index is 3.11. The van der Waals surface area contributed by atoms with Gasteiger partial charge in [0, 0.05) is 5.56 Å². The summed E-state index contributed by atoms with van der Waals surface area (Å²) >= 11 is 5.67. The van der Waals surface area contributed by atoms with Gasteiger partial charge in [-0.25, -0.2) is 0 Å². The number of alkyl halides is 1. The van der Waals surface area contributed by atoms with Gasteiger partial charge in [-0.1, -0.05) is 6.07 Å². The number of benzene rings is 1. The molecule has 0 aliphatic rings. The number of rotatable bonds is 2. The van der Waals surface area contributed by atoms with Crippen LogP contribution in [0.3, 0.4) is 0 Å². The van der Waals surface area contributed by atoms with Crippen molar-refractivity contribution in [2.24, 2.45) is 0 Å². The summed E-state index contributed by atoms with van der Waals surface area (Å²) in [4.78, 5) is 11.5. The van der Waals surface area contributed by atoms with Gasteiger partial charge < -0.3 is 0 Å². The molecule has 1 rings (SSSR count). The summed E-state index contributed by atoms with van der Waals surface area (Å²) < 4.78 is 0. The Labute approximate surface area is 88.1 Å². The number of Topliss-reactive ketones (excluding diaryl/α,β-unsaturated/α-hetero) is 1. The van der Waals surface area contributed by atoms with E-state index in [1.54, 1.807) is 32.0 Å². The maximum atomic E-state index is 11.5. The van der Waals surface area contributed by atoms with E-state index in [-0.39, 0.29) is 5.78 Å². The van der Waals surface area contributed by atoms with Gasteiger partial charge in [0.2, 0.25) is 0 Å². The molecular weight excluding hydrogens is 198 g/mol. The lowest BCUT2D eigenvalue weighted by Gasteiger charge is -2.04. The molecule has 0 heterocycles. The number of nitriles is 1. The molecule has 0 radical (unpaired) electrons. The molecule has 1 aromatic carbocycles. The molecule has 0 N–H and O–H groups in total. The molecule has 0 aliphatic heterocycles. The summed E-state index contributed by atoms with van der Waals surface area (Å²) in [7, 11) is 0. The van der Waals surface area contributed by atoms with Crippen molar-refractivity contribution in [3.63, 3.8) is 0 Å². The van der Waals surface area contributed by atoms with Crippen molar-refractivity contribution in [1.29, 1.82) is 5.26 Å². The Kier molecular flexibility index (Phi) is 3.27. The van der Waals surface area contributed by atoms with Gasteiger partial charge in [0.1, 0.15) is 0 Å². The second kappa shape index (κ2) is 4.26. The Morgan fingerprint density at radius 3 is 2.64 bits per heavy atom. The van der Waals surface area contributed by atoms with Gasteiger partial charge in [-0.2, -0.15) is 5.26 Å². The second-order valence-corrected chi connectivity index (χ2v) is 3.78. The topological polar surface area (TPSA) is 40.9 Å². The first-order chi connectivity index (χ1) is 6.56. The van der Waals surface area contributed by atoms with E-state index in [1.165, 1.54) is 0 Å². The van der Waals surface area contributed by atoms with Crippen LogP contribution in [0.5, 0.6) is 0 Å². The SMILES string of the molecule is Cc1cc(C(=O)C(C)Cl)ccc1C#N. The van der Waals surface area contributed by atoms with Gasteiger partial charge in [-0.15, -0.1) is 11.6 Å². The van der Waals surface area contributed by atoms with Crippen molar-refractivity contribution in [3.8, 4) is 6.07 Å². The largest absolute Gasteiger partial charge is 0.293 e. The molecule has 1 atom stereocenters. The normalized spacial score (nSPS) is 11.9. The van der Waals surface area contributed by atoms with E-state index in [0.29, 0.717) is 11.1 Å². The number of carbonyl (C=O) groups is 1. The fourth-order valence-electron chi connectivity index (χ4n) is 1.17. The molecule has 3 heteroatoms. The van der Waals surface area contributed by atoms with Crippen molar-refractivity contribution in [2.45, 2.75) is 19.2 Å². The predicted molar refractivity (Wildman–Crippen MR) is 55.5 cm³/mol. The third kappa shape index (κ3) is 2.12. The lowest BCUT2D eigenvalue weighted by Crippen LogP contribution is -2.10. The third-order valence-electron chi connectivity index (χ3n) is 1.99. The molecule has 0 aliphatic carbocycles. The summed E-state index contributed by atoms with van der Waals surface area (Å²) in [5.74, 6) is -0.112. The van der Waals surface area contributed by atoms with Gasteiger partial charge in [-0.05, 0) is 31.5 Å². The Morgan fingerprint density at radius 2 is 2.21 bits per heavy atom. The highest BCUT2D eigenvalue weighted by Crippen LogP contribution is 2.13. The zero-order chi connectivity index (χ0) is 10.7. The van der Waals surface area contributed by atoms with Crippen LogP contribution in [0.15, 0.2) is 18.2 Å². The fraction of sp³-hybridized carbons (Fsp3) is 0.273. The molecule has 1 unspecified atom stereocenters. The van der Waals surface area contributed by atoms with Crippen LogP contribution in [-0.4, -0.2) is 11.2 Å². The van der Waals surface area contributed by atoms with Gasteiger partial charge in [0.25, 0.3) is 0 Å². The maximum Gasteiger partial charge on any atom is 0.180 e. The van der Waals surface area contributed by atoms with E-state index in [4.69, 9.17) is 16.9 Å². The molecule has 0 saturated carbocycles. The molecule has 14 heavy (non-hydrogen) atoms. The minimum atomic E-state index is -0.526. The Bertz CT molecular complexity index is 404. The predicted octanol–water partition coefficient (Wildman–Crippen LogP) is 2.68. The first kappa shape index (κ1) is 10.7. The van der Waals surface area contributed by atoms with Crippen LogP contribution in [-0.2, 0) is 0 Å². The maximum absolute atomic E-state index is 11.5. The van der Waals surface area contributed by atoms with E-state index in [0.717, 1.165) is 5.56 Å². The van der Waals surface area contributed by atoms with Crippen LogP contribution >= 0.6 is 11.6 Å². The highest BCUT2D eigenvalue weighted by atomic mass is 35.5. The van der Waals surface area contributed by atoms with Crippen molar-refractivity contribution >= 4 is 17.4 Å². The summed E-state index contributed by atoms with van der Waals surface area (Å²) in [5.41, 5.74) is 1.95. The highest BCUT2D eigenvalue weighted by Gasteiger charge is 2.12. The lowest BCUT2D eigenvalue weighted by molar-refractivity contribution is 0.0991. The molecule has 1 aromatic rings. The van der Waals surface area contributed by atoms with E-state index in [2.05, 4.69) is 0 Å². The minimum absolute atomic E-state index is 0.112. The van der Waals surface area contributed by atoms with Crippen LogP contribution < -0.4 is 0 Å². The highest BCUT2D eigenvalue weighted by molar-refractivity contribution is 6.33. The number of nitrogens with zero attached hydrogens (tertiary/aromatic N) is 1. The molecule has 0 aromatic heterocycles. The second-order valence-electron chi connectivity index (χ2n) is 3.12. The third-order valence-corrected chi connectivity index (χ3v) is 2.19. The number of halogens is 1. The van der Waals surface area contributed by atoms with Crippen molar-refractivity contribution in [3.05, 3.63) is 34.9 Å². The van der Waals surface area contributed by atoms with Crippen molar-refractivity contribution in [2.75, 3.05) is 0 Å². The first-order valence-corrected chi connectivity index (χ1v) is 4.69. The summed E-state index contributed by atoms with van der Waals surface area (Å²) in [6, 6.07) is 7.01. The number of ketones is 1. The zero-order valence-corrected chi connectivity index (χ0v) is 8.80. The summed E-state index contributed by atoms with van der Waals surface area (Å²) in [6.45, 7) is 3.44. The Morgan fingerprint density at radius 1 is 1.57 bits per heavy atom. The van der Waals surface area contributed by atoms with Gasteiger partial charge >= 0.3 is 0 Å². The van der Waals surface area contributed by atoms with Crippen molar-refractivity contribution in [1.82, 2.24) is 0 Å². The smallest absolute Gasteiger partial charge is 0.180 e. The minimum Gasteiger partial charge on any atom is -0.293 e. The number of carbonyl (C=O) groups excluding carboxylic acids is 1. The van der Waals surface area contributed by atoms with Gasteiger partial charge in [-0.3, -0.25) is 4.79 Å². The molecule has 0 spiro atoms. The standard InChI is InChI=1S/C11H10ClNO/c1-7-5-9(11(14)8(2)12)3-4-10(7)6-13/h3-5,8H,1-2H3. The zero-order valence-electron chi connectivity index (χ0n) is 8.04. The number of hydrogen-bond acceptors (Lipinski definition) is 2. The molecule has 0 fully saturated rings. The average Bonchev–Trinajstić information content (AvgIpc) is 2.16. The monoisotopic (exact) mass is 207 g/mol. The van der Waals surface area contributed by atoms with Gasteiger partial charge in [0.15, 0.2) is 5.78 Å². The molecule has 72 valence electrons. The van der Waals surface area contributed by atoms with Crippen LogP contribution in [0, 0.1) is 18.3 Å². The molecular formula is C11H10ClNO. The Hall–Kier alpha value is -1.33. The lowest BCUT2D eigenvalue weighted by atomic mass is 10.0. The van der Waals surface area contributed by atoms with Crippen LogP contribution in [0.1, 0.15) is 28.4 Å². The van der Waals surface area contributed by atoms with E-state index in [9.17, 15) is 4.79 Å². The molecule has 0 saturated heterocycles. The molecule has 0 amide bonds. The first-order valence-electron chi connectivity index (χ1n) is 4.25.